The summed E-state index contributed by atoms with van der Waals surface area (Å²) in [5.74, 6) is -0.713. The van der Waals surface area contributed by atoms with Crippen LogP contribution in [0.2, 0.25) is 0 Å². The Bertz CT molecular complexity index is 409. The average molecular weight is 253 g/mol. The van der Waals surface area contributed by atoms with E-state index in [1.807, 2.05) is 4.90 Å². The number of hydrogen-bond donors (Lipinski definition) is 2. The van der Waals surface area contributed by atoms with Crippen molar-refractivity contribution < 1.29 is 9.18 Å². The van der Waals surface area contributed by atoms with Crippen molar-refractivity contribution in [3.05, 3.63) is 29.6 Å². The van der Waals surface area contributed by atoms with E-state index in [-0.39, 0.29) is 18.3 Å². The summed E-state index contributed by atoms with van der Waals surface area (Å²) in [6, 6.07) is 4.26. The number of hydrogen-bond acceptors (Lipinski definition) is 3. The molecule has 0 saturated carbocycles. The highest BCUT2D eigenvalue weighted by Gasteiger charge is 2.11. The molecule has 0 heterocycles. The molecule has 0 radical (unpaired) electrons. The van der Waals surface area contributed by atoms with Crippen LogP contribution in [0.1, 0.15) is 25.3 Å². The van der Waals surface area contributed by atoms with Gasteiger partial charge in [-0.05, 0) is 36.7 Å². The number of carbonyl (C=O) groups excluding carboxylic acids is 1. The van der Waals surface area contributed by atoms with Crippen molar-refractivity contribution in [2.45, 2.75) is 26.3 Å². The van der Waals surface area contributed by atoms with Crippen LogP contribution in [-0.4, -0.2) is 23.9 Å². The number of halogens is 1. The third kappa shape index (κ3) is 4.71. The summed E-state index contributed by atoms with van der Waals surface area (Å²) < 4.78 is 13.1. The van der Waals surface area contributed by atoms with Crippen molar-refractivity contribution in [3.8, 4) is 0 Å². The lowest BCUT2D eigenvalue weighted by molar-refractivity contribution is -0.119. The van der Waals surface area contributed by atoms with Crippen LogP contribution in [0.5, 0.6) is 0 Å². The molecule has 0 unspecified atom stereocenters. The maximum Gasteiger partial charge on any atom is 0.231 e. The van der Waals surface area contributed by atoms with Gasteiger partial charge in [-0.1, -0.05) is 13.3 Å². The molecule has 0 atom stereocenters. The van der Waals surface area contributed by atoms with E-state index in [9.17, 15) is 9.18 Å². The van der Waals surface area contributed by atoms with Crippen molar-refractivity contribution in [2.24, 2.45) is 5.73 Å². The van der Waals surface area contributed by atoms with Crippen LogP contribution in [0.25, 0.3) is 0 Å². The molecule has 4 nitrogen and oxygen atoms in total. The molecule has 0 fully saturated rings. The number of nitrogen functional groups attached to an aromatic ring is 1. The van der Waals surface area contributed by atoms with Crippen molar-refractivity contribution in [3.63, 3.8) is 0 Å². The van der Waals surface area contributed by atoms with Crippen LogP contribution in [0.15, 0.2) is 18.2 Å². The summed E-state index contributed by atoms with van der Waals surface area (Å²) in [6.45, 7) is 3.41. The first-order valence-corrected chi connectivity index (χ1v) is 6.07. The van der Waals surface area contributed by atoms with E-state index in [1.54, 1.807) is 0 Å². The Labute approximate surface area is 107 Å². The van der Waals surface area contributed by atoms with Gasteiger partial charge in [0.2, 0.25) is 5.91 Å². The van der Waals surface area contributed by atoms with Crippen molar-refractivity contribution in [1.29, 1.82) is 0 Å². The molecule has 4 N–H and O–H groups in total. The minimum Gasteiger partial charge on any atom is -0.398 e. The first-order chi connectivity index (χ1) is 8.52. The van der Waals surface area contributed by atoms with E-state index in [0.29, 0.717) is 17.8 Å². The fourth-order valence-electron chi connectivity index (χ4n) is 1.77. The van der Waals surface area contributed by atoms with E-state index in [4.69, 9.17) is 11.5 Å². The van der Waals surface area contributed by atoms with Gasteiger partial charge in [0, 0.05) is 12.2 Å². The number of benzene rings is 1. The number of anilines is 1. The molecular weight excluding hydrogens is 233 g/mol. The third-order valence-electron chi connectivity index (χ3n) is 2.71. The topological polar surface area (TPSA) is 72.3 Å². The standard InChI is InChI=1S/C13H20FN3O/c1-2-3-6-17(9-13(16)18)8-10-7-11(14)4-5-12(10)15/h4-5,7H,2-3,6,8-9,15H2,1H3,(H2,16,18). The second-order valence-corrected chi connectivity index (χ2v) is 4.37. The van der Waals surface area contributed by atoms with Gasteiger partial charge in [0.25, 0.3) is 0 Å². The summed E-state index contributed by atoms with van der Waals surface area (Å²) in [7, 11) is 0. The van der Waals surface area contributed by atoms with Gasteiger partial charge in [-0.25, -0.2) is 4.39 Å². The molecule has 1 aromatic carbocycles. The quantitative estimate of drug-likeness (QED) is 0.723. The van der Waals surface area contributed by atoms with Crippen molar-refractivity contribution in [1.82, 2.24) is 4.90 Å². The lowest BCUT2D eigenvalue weighted by Crippen LogP contribution is -2.34. The molecule has 1 aromatic rings. The zero-order valence-electron chi connectivity index (χ0n) is 10.7. The molecule has 100 valence electrons. The minimum atomic E-state index is -0.388. The molecule has 5 heteroatoms. The zero-order valence-corrected chi connectivity index (χ0v) is 10.7. The van der Waals surface area contributed by atoms with Crippen LogP contribution in [0.4, 0.5) is 10.1 Å². The summed E-state index contributed by atoms with van der Waals surface area (Å²) in [6.07, 6.45) is 1.98. The van der Waals surface area contributed by atoms with Crippen molar-refractivity contribution >= 4 is 11.6 Å². The first kappa shape index (κ1) is 14.4. The van der Waals surface area contributed by atoms with E-state index >= 15 is 0 Å². The first-order valence-electron chi connectivity index (χ1n) is 6.07. The Kier molecular flexibility index (Phi) is 5.58. The third-order valence-corrected chi connectivity index (χ3v) is 2.71. The highest BCUT2D eigenvalue weighted by atomic mass is 19.1. The summed E-state index contributed by atoms with van der Waals surface area (Å²) in [4.78, 5) is 12.9. The number of primary amides is 1. The summed E-state index contributed by atoms with van der Waals surface area (Å²) in [5.41, 5.74) is 12.2. The van der Waals surface area contributed by atoms with Crippen LogP contribution >= 0.6 is 0 Å². The number of carbonyl (C=O) groups is 1. The number of amides is 1. The smallest absolute Gasteiger partial charge is 0.231 e. The summed E-state index contributed by atoms with van der Waals surface area (Å²) in [5, 5.41) is 0. The lowest BCUT2D eigenvalue weighted by Gasteiger charge is -2.21. The normalized spacial score (nSPS) is 10.8. The molecule has 0 aromatic heterocycles. The Hall–Kier alpha value is -1.62. The summed E-state index contributed by atoms with van der Waals surface area (Å²) >= 11 is 0. The van der Waals surface area contributed by atoms with Gasteiger partial charge < -0.3 is 11.5 Å². The average Bonchev–Trinajstić information content (AvgIpc) is 2.30. The van der Waals surface area contributed by atoms with Gasteiger partial charge in [-0.15, -0.1) is 0 Å². The Morgan fingerprint density at radius 1 is 1.44 bits per heavy atom. The Morgan fingerprint density at radius 3 is 2.78 bits per heavy atom. The van der Waals surface area contributed by atoms with E-state index < -0.39 is 0 Å². The van der Waals surface area contributed by atoms with Crippen LogP contribution in [-0.2, 0) is 11.3 Å². The number of nitrogens with zero attached hydrogens (tertiary/aromatic N) is 1. The monoisotopic (exact) mass is 253 g/mol. The molecule has 1 amide bonds. The highest BCUT2D eigenvalue weighted by molar-refractivity contribution is 5.75. The molecule has 0 spiro atoms. The predicted molar refractivity (Wildman–Crippen MR) is 70.2 cm³/mol. The molecule has 18 heavy (non-hydrogen) atoms. The molecule has 1 rings (SSSR count). The van der Waals surface area contributed by atoms with Gasteiger partial charge >= 0.3 is 0 Å². The molecule has 0 aliphatic carbocycles. The van der Waals surface area contributed by atoms with Crippen LogP contribution < -0.4 is 11.5 Å². The number of unbranched alkanes of at least 4 members (excludes halogenated alkanes) is 1. The predicted octanol–water partition coefficient (Wildman–Crippen LogP) is 1.50. The van der Waals surface area contributed by atoms with E-state index in [1.165, 1.54) is 18.2 Å². The molecule has 0 bridgehead atoms. The fraction of sp³-hybridized carbons (Fsp3) is 0.462. The SMILES string of the molecule is CCCCN(CC(N)=O)Cc1cc(F)ccc1N. The lowest BCUT2D eigenvalue weighted by atomic mass is 10.1. The van der Waals surface area contributed by atoms with Crippen molar-refractivity contribution in [2.75, 3.05) is 18.8 Å². The molecule has 0 aliphatic heterocycles. The minimum absolute atomic E-state index is 0.163. The van der Waals surface area contributed by atoms with E-state index in [2.05, 4.69) is 6.92 Å². The fourth-order valence-corrected chi connectivity index (χ4v) is 1.77. The number of rotatable bonds is 7. The maximum atomic E-state index is 13.1. The molecular formula is C13H20FN3O. The molecule has 0 saturated heterocycles. The maximum absolute atomic E-state index is 13.1. The van der Waals surface area contributed by atoms with Crippen LogP contribution in [0, 0.1) is 5.82 Å². The largest absolute Gasteiger partial charge is 0.398 e. The number of nitrogens with two attached hydrogens (primary N) is 2. The van der Waals surface area contributed by atoms with E-state index in [0.717, 1.165) is 19.4 Å². The Balaban J connectivity index is 2.74. The van der Waals surface area contributed by atoms with Gasteiger partial charge in [0.05, 0.1) is 6.54 Å². The van der Waals surface area contributed by atoms with Gasteiger partial charge in [0.15, 0.2) is 0 Å². The highest BCUT2D eigenvalue weighted by Crippen LogP contribution is 2.16. The van der Waals surface area contributed by atoms with Gasteiger partial charge in [0.1, 0.15) is 5.82 Å². The second kappa shape index (κ2) is 6.96. The molecule has 0 aliphatic rings. The van der Waals surface area contributed by atoms with Gasteiger partial charge in [-0.3, -0.25) is 9.69 Å². The zero-order chi connectivity index (χ0) is 13.5. The Morgan fingerprint density at radius 2 is 2.17 bits per heavy atom. The van der Waals surface area contributed by atoms with Crippen LogP contribution in [0.3, 0.4) is 0 Å². The second-order valence-electron chi connectivity index (χ2n) is 4.37. The van der Waals surface area contributed by atoms with Gasteiger partial charge in [-0.2, -0.15) is 0 Å².